The van der Waals surface area contributed by atoms with Crippen LogP contribution in [0.15, 0.2) is 51.6 Å². The SMILES string of the molecule is Brc1ccccc1OCCCCCNCc1ccco1. The maximum atomic E-state index is 5.72. The highest BCUT2D eigenvalue weighted by atomic mass is 79.9. The Morgan fingerprint density at radius 3 is 2.75 bits per heavy atom. The molecule has 0 saturated heterocycles. The molecule has 3 nitrogen and oxygen atoms in total. The van der Waals surface area contributed by atoms with Crippen LogP contribution >= 0.6 is 15.9 Å². The van der Waals surface area contributed by atoms with Gasteiger partial charge in [0.15, 0.2) is 0 Å². The lowest BCUT2D eigenvalue weighted by molar-refractivity contribution is 0.303. The van der Waals surface area contributed by atoms with Crippen molar-refractivity contribution >= 4 is 15.9 Å². The van der Waals surface area contributed by atoms with Gasteiger partial charge in [0.25, 0.3) is 0 Å². The summed E-state index contributed by atoms with van der Waals surface area (Å²) in [5.41, 5.74) is 0. The highest BCUT2D eigenvalue weighted by Gasteiger charge is 1.99. The van der Waals surface area contributed by atoms with Crippen LogP contribution in [0.25, 0.3) is 0 Å². The quantitative estimate of drug-likeness (QED) is 0.689. The van der Waals surface area contributed by atoms with E-state index in [-0.39, 0.29) is 0 Å². The van der Waals surface area contributed by atoms with E-state index < -0.39 is 0 Å². The van der Waals surface area contributed by atoms with E-state index in [9.17, 15) is 0 Å². The number of rotatable bonds is 9. The summed E-state index contributed by atoms with van der Waals surface area (Å²) in [6.45, 7) is 2.58. The van der Waals surface area contributed by atoms with Gasteiger partial charge in [0, 0.05) is 0 Å². The Morgan fingerprint density at radius 1 is 1.05 bits per heavy atom. The van der Waals surface area contributed by atoms with Crippen LogP contribution in [0.4, 0.5) is 0 Å². The minimum absolute atomic E-state index is 0.765. The van der Waals surface area contributed by atoms with Gasteiger partial charge >= 0.3 is 0 Å². The van der Waals surface area contributed by atoms with Crippen molar-refractivity contribution in [1.82, 2.24) is 5.32 Å². The lowest BCUT2D eigenvalue weighted by Crippen LogP contribution is -2.14. The number of hydrogen-bond donors (Lipinski definition) is 1. The molecule has 0 bridgehead atoms. The molecule has 0 radical (unpaired) electrons. The molecule has 0 atom stereocenters. The highest BCUT2D eigenvalue weighted by molar-refractivity contribution is 9.10. The fourth-order valence-corrected chi connectivity index (χ4v) is 2.30. The Morgan fingerprint density at radius 2 is 1.95 bits per heavy atom. The Kier molecular flexibility index (Phi) is 6.68. The zero-order valence-electron chi connectivity index (χ0n) is 11.5. The van der Waals surface area contributed by atoms with Gasteiger partial charge in [-0.2, -0.15) is 0 Å². The molecule has 0 aliphatic rings. The molecule has 0 amide bonds. The third-order valence-corrected chi connectivity index (χ3v) is 3.63. The first-order chi connectivity index (χ1) is 9.86. The number of halogens is 1. The van der Waals surface area contributed by atoms with E-state index in [1.807, 2.05) is 36.4 Å². The van der Waals surface area contributed by atoms with Gasteiger partial charge in [-0.3, -0.25) is 0 Å². The predicted molar refractivity (Wildman–Crippen MR) is 83.9 cm³/mol. The Labute approximate surface area is 128 Å². The third kappa shape index (κ3) is 5.39. The summed E-state index contributed by atoms with van der Waals surface area (Å²) in [5, 5.41) is 3.36. The monoisotopic (exact) mass is 337 g/mol. The topological polar surface area (TPSA) is 34.4 Å². The Balaban J connectivity index is 1.47. The third-order valence-electron chi connectivity index (χ3n) is 2.97. The van der Waals surface area contributed by atoms with Gasteiger partial charge in [-0.15, -0.1) is 0 Å². The number of benzene rings is 1. The van der Waals surface area contributed by atoms with E-state index in [0.717, 1.165) is 54.9 Å². The summed E-state index contributed by atoms with van der Waals surface area (Å²) < 4.78 is 12.0. The molecule has 0 fully saturated rings. The average Bonchev–Trinajstić information content (AvgIpc) is 2.97. The number of hydrogen-bond acceptors (Lipinski definition) is 3. The molecule has 0 spiro atoms. The molecule has 2 aromatic rings. The molecule has 0 saturated carbocycles. The molecule has 1 N–H and O–H groups in total. The summed E-state index contributed by atoms with van der Waals surface area (Å²) in [5.74, 6) is 1.91. The van der Waals surface area contributed by atoms with E-state index in [1.165, 1.54) is 0 Å². The number of unbranched alkanes of at least 4 members (excludes halogenated alkanes) is 2. The van der Waals surface area contributed by atoms with E-state index >= 15 is 0 Å². The molecule has 2 rings (SSSR count). The summed E-state index contributed by atoms with van der Waals surface area (Å²) in [7, 11) is 0. The van der Waals surface area contributed by atoms with Crippen LogP contribution in [0, 0.1) is 0 Å². The van der Waals surface area contributed by atoms with Gasteiger partial charge in [-0.1, -0.05) is 12.1 Å². The van der Waals surface area contributed by atoms with Gasteiger partial charge in [-0.25, -0.2) is 0 Å². The number of para-hydroxylation sites is 1. The van der Waals surface area contributed by atoms with Gasteiger partial charge < -0.3 is 14.5 Å². The lowest BCUT2D eigenvalue weighted by atomic mass is 10.2. The smallest absolute Gasteiger partial charge is 0.133 e. The summed E-state index contributed by atoms with van der Waals surface area (Å²) in [4.78, 5) is 0. The van der Waals surface area contributed by atoms with Crippen molar-refractivity contribution in [2.45, 2.75) is 25.8 Å². The zero-order valence-corrected chi connectivity index (χ0v) is 13.1. The van der Waals surface area contributed by atoms with Crippen LogP contribution in [0.1, 0.15) is 25.0 Å². The van der Waals surface area contributed by atoms with E-state index in [2.05, 4.69) is 21.2 Å². The summed E-state index contributed by atoms with van der Waals surface area (Å²) >= 11 is 3.47. The van der Waals surface area contributed by atoms with Gasteiger partial charge in [0.1, 0.15) is 11.5 Å². The number of ether oxygens (including phenoxy) is 1. The highest BCUT2D eigenvalue weighted by Crippen LogP contribution is 2.23. The molecule has 20 heavy (non-hydrogen) atoms. The standard InChI is InChI=1S/C16H20BrNO2/c17-15-8-2-3-9-16(15)20-11-5-1-4-10-18-13-14-7-6-12-19-14/h2-3,6-9,12,18H,1,4-5,10-11,13H2. The molecule has 0 aliphatic carbocycles. The number of furan rings is 1. The van der Waals surface area contributed by atoms with Crippen molar-refractivity contribution in [3.63, 3.8) is 0 Å². The van der Waals surface area contributed by atoms with Crippen LogP contribution in [0.3, 0.4) is 0 Å². The molecule has 4 heteroatoms. The van der Waals surface area contributed by atoms with E-state index in [1.54, 1.807) is 6.26 Å². The van der Waals surface area contributed by atoms with Crippen molar-refractivity contribution in [2.24, 2.45) is 0 Å². The van der Waals surface area contributed by atoms with Crippen molar-refractivity contribution < 1.29 is 9.15 Å². The van der Waals surface area contributed by atoms with Gasteiger partial charge in [0.2, 0.25) is 0 Å². The zero-order chi connectivity index (χ0) is 14.0. The second kappa shape index (κ2) is 8.82. The maximum Gasteiger partial charge on any atom is 0.133 e. The minimum Gasteiger partial charge on any atom is -0.492 e. The molecule has 0 aliphatic heterocycles. The first-order valence-electron chi connectivity index (χ1n) is 6.96. The molecule has 0 unspecified atom stereocenters. The molecule has 1 aromatic carbocycles. The van der Waals surface area contributed by atoms with Crippen molar-refractivity contribution in [3.8, 4) is 5.75 Å². The van der Waals surface area contributed by atoms with E-state index in [4.69, 9.17) is 9.15 Å². The maximum absolute atomic E-state index is 5.72. The average molecular weight is 338 g/mol. The van der Waals surface area contributed by atoms with Crippen LogP contribution in [-0.2, 0) is 6.54 Å². The lowest BCUT2D eigenvalue weighted by Gasteiger charge is -2.08. The van der Waals surface area contributed by atoms with Crippen molar-refractivity contribution in [2.75, 3.05) is 13.2 Å². The number of nitrogens with one attached hydrogen (secondary N) is 1. The van der Waals surface area contributed by atoms with Crippen LogP contribution in [-0.4, -0.2) is 13.2 Å². The van der Waals surface area contributed by atoms with E-state index in [0.29, 0.717) is 0 Å². The summed E-state index contributed by atoms with van der Waals surface area (Å²) in [6, 6.07) is 11.8. The molecular weight excluding hydrogens is 318 g/mol. The molecule has 1 heterocycles. The van der Waals surface area contributed by atoms with Crippen molar-refractivity contribution in [1.29, 1.82) is 0 Å². The Bertz CT molecular complexity index is 485. The van der Waals surface area contributed by atoms with Crippen LogP contribution in [0.5, 0.6) is 5.75 Å². The predicted octanol–water partition coefficient (Wildman–Crippen LogP) is 4.38. The van der Waals surface area contributed by atoms with Gasteiger partial charge in [0.05, 0.1) is 23.9 Å². The fourth-order valence-electron chi connectivity index (χ4n) is 1.90. The normalized spacial score (nSPS) is 10.7. The van der Waals surface area contributed by atoms with Crippen LogP contribution < -0.4 is 10.1 Å². The first-order valence-corrected chi connectivity index (χ1v) is 7.76. The summed E-state index contributed by atoms with van der Waals surface area (Å²) in [6.07, 6.45) is 5.09. The van der Waals surface area contributed by atoms with Crippen molar-refractivity contribution in [3.05, 3.63) is 52.9 Å². The first kappa shape index (κ1) is 15.1. The molecule has 108 valence electrons. The fraction of sp³-hybridized carbons (Fsp3) is 0.375. The van der Waals surface area contributed by atoms with Crippen LogP contribution in [0.2, 0.25) is 0 Å². The Hall–Kier alpha value is -1.26. The molecule has 1 aromatic heterocycles. The van der Waals surface area contributed by atoms with Gasteiger partial charge in [-0.05, 0) is 66.0 Å². The largest absolute Gasteiger partial charge is 0.492 e. The molecular formula is C16H20BrNO2. The minimum atomic E-state index is 0.765. The second-order valence-corrected chi connectivity index (χ2v) is 5.45. The second-order valence-electron chi connectivity index (χ2n) is 4.60.